The van der Waals surface area contributed by atoms with Crippen molar-refractivity contribution in [1.82, 2.24) is 5.32 Å². The summed E-state index contributed by atoms with van der Waals surface area (Å²) in [6.07, 6.45) is -4.75. The van der Waals surface area contributed by atoms with Crippen molar-refractivity contribution in [3.05, 3.63) is 82.4 Å². The molecule has 8 nitrogen and oxygen atoms in total. The van der Waals surface area contributed by atoms with Crippen LogP contribution in [0.1, 0.15) is 46.4 Å². The van der Waals surface area contributed by atoms with Crippen molar-refractivity contribution >= 4 is 23.7 Å². The average molecular weight is 504 g/mol. The van der Waals surface area contributed by atoms with Crippen molar-refractivity contribution < 1.29 is 47.6 Å². The summed E-state index contributed by atoms with van der Waals surface area (Å²) in [7, 11) is 0. The van der Waals surface area contributed by atoms with Gasteiger partial charge < -0.3 is 34.9 Å². The number of hydrogen-bond acceptors (Lipinski definition) is 8. The summed E-state index contributed by atoms with van der Waals surface area (Å²) in [6.45, 7) is -0.219. The molecule has 2 heterocycles. The maximum absolute atomic E-state index is 13.4. The molecule has 0 saturated carbocycles. The van der Waals surface area contributed by atoms with E-state index < -0.39 is 48.2 Å². The zero-order chi connectivity index (χ0) is 26.0. The summed E-state index contributed by atoms with van der Waals surface area (Å²) in [5.41, 5.74) is 0.731. The summed E-state index contributed by atoms with van der Waals surface area (Å²) in [5.74, 6) is -2.98. The van der Waals surface area contributed by atoms with Crippen LogP contribution in [-0.2, 0) is 25.2 Å². The van der Waals surface area contributed by atoms with Crippen LogP contribution in [0.4, 0.5) is 13.2 Å². The number of carboxylic acids is 1. The number of carboxylic acid groups (broad SMARTS) is 1. The van der Waals surface area contributed by atoms with Crippen molar-refractivity contribution in [2.45, 2.75) is 37.1 Å². The standard InChI is InChI=1S/C25H22F3NO7/c26-25(27,28)19-4-2-1-3-16(19)20-10-14-6-5-13(9-17(14)23(33)29-20)18-11-15(36-24(18)34)12-35-22(32)8-7-21(30)31/h1-10,15,18,23-24,29,33-34H,11-12H2,(H,30,31)/p-1/b8-7-. The fourth-order valence-electron chi connectivity index (χ4n) is 4.25. The number of nitrogens with one attached hydrogen (secondary N) is 1. The molecule has 4 unspecified atom stereocenters. The molecule has 2 aliphatic rings. The summed E-state index contributed by atoms with van der Waals surface area (Å²) in [6, 6.07) is 10.0. The molecule has 0 bridgehead atoms. The predicted octanol–water partition coefficient (Wildman–Crippen LogP) is 1.84. The van der Waals surface area contributed by atoms with Crippen LogP contribution < -0.4 is 10.4 Å². The third kappa shape index (κ3) is 5.59. The van der Waals surface area contributed by atoms with Gasteiger partial charge in [0.1, 0.15) is 6.61 Å². The van der Waals surface area contributed by atoms with Gasteiger partial charge in [0.25, 0.3) is 0 Å². The first-order valence-electron chi connectivity index (χ1n) is 10.9. The highest BCUT2D eigenvalue weighted by Crippen LogP contribution is 2.40. The third-order valence-electron chi connectivity index (χ3n) is 5.91. The Morgan fingerprint density at radius 3 is 2.64 bits per heavy atom. The number of hydrogen-bond donors (Lipinski definition) is 3. The first kappa shape index (κ1) is 25.4. The maximum Gasteiger partial charge on any atom is 0.417 e. The molecule has 0 spiro atoms. The Labute approximate surface area is 203 Å². The molecule has 0 amide bonds. The van der Waals surface area contributed by atoms with Crippen LogP contribution in [0, 0.1) is 0 Å². The minimum atomic E-state index is -4.57. The minimum Gasteiger partial charge on any atom is -0.545 e. The van der Waals surface area contributed by atoms with Gasteiger partial charge in [0.15, 0.2) is 12.5 Å². The molecule has 36 heavy (non-hydrogen) atoms. The number of carbonyl (C=O) groups is 2. The summed E-state index contributed by atoms with van der Waals surface area (Å²) >= 11 is 0. The normalized spacial score (nSPS) is 23.6. The lowest BCUT2D eigenvalue weighted by Gasteiger charge is -2.27. The van der Waals surface area contributed by atoms with Gasteiger partial charge in [-0.3, -0.25) is 0 Å². The van der Waals surface area contributed by atoms with E-state index in [9.17, 15) is 38.1 Å². The predicted molar refractivity (Wildman–Crippen MR) is 117 cm³/mol. The molecule has 190 valence electrons. The Hall–Kier alpha value is -3.67. The van der Waals surface area contributed by atoms with Crippen LogP contribution in [0.15, 0.2) is 54.6 Å². The fourth-order valence-corrected chi connectivity index (χ4v) is 4.25. The van der Waals surface area contributed by atoms with Crippen molar-refractivity contribution in [2.75, 3.05) is 6.61 Å². The number of benzene rings is 2. The molecule has 1 saturated heterocycles. The number of aliphatic hydroxyl groups excluding tert-OH is 2. The van der Waals surface area contributed by atoms with Crippen LogP contribution in [-0.4, -0.2) is 41.2 Å². The Morgan fingerprint density at radius 2 is 1.92 bits per heavy atom. The van der Waals surface area contributed by atoms with Crippen LogP contribution in [0.25, 0.3) is 11.8 Å². The SMILES string of the molecule is O=C([O-])/C=C\C(=O)OCC1CC(c2ccc3c(c2)C(O)NC(c2ccccc2C(F)(F)F)=C3)C(O)O1. The van der Waals surface area contributed by atoms with Crippen LogP contribution in [0.2, 0.25) is 0 Å². The van der Waals surface area contributed by atoms with Crippen molar-refractivity contribution in [2.24, 2.45) is 0 Å². The van der Waals surface area contributed by atoms with Crippen molar-refractivity contribution in [3.8, 4) is 0 Å². The van der Waals surface area contributed by atoms with Gasteiger partial charge in [-0.05, 0) is 35.8 Å². The second kappa shape index (κ2) is 10.1. The largest absolute Gasteiger partial charge is 0.545 e. The number of carbonyl (C=O) groups excluding carboxylic acids is 2. The number of rotatable bonds is 6. The third-order valence-corrected chi connectivity index (χ3v) is 5.91. The molecule has 2 aromatic rings. The molecular formula is C25H21F3NO7-. The van der Waals surface area contributed by atoms with Crippen LogP contribution in [0.3, 0.4) is 0 Å². The molecular weight excluding hydrogens is 483 g/mol. The number of halogens is 3. The summed E-state index contributed by atoms with van der Waals surface area (Å²) < 4.78 is 50.7. The number of esters is 1. The average Bonchev–Trinajstić information content (AvgIpc) is 3.21. The highest BCUT2D eigenvalue weighted by atomic mass is 19.4. The molecule has 2 aliphatic heterocycles. The monoisotopic (exact) mass is 504 g/mol. The second-order valence-corrected chi connectivity index (χ2v) is 8.31. The van der Waals surface area contributed by atoms with E-state index in [-0.39, 0.29) is 24.3 Å². The zero-order valence-electron chi connectivity index (χ0n) is 18.6. The van der Waals surface area contributed by atoms with Crippen molar-refractivity contribution in [1.29, 1.82) is 0 Å². The van der Waals surface area contributed by atoms with E-state index in [1.165, 1.54) is 24.3 Å². The van der Waals surface area contributed by atoms with Gasteiger partial charge >= 0.3 is 12.1 Å². The Bertz CT molecular complexity index is 1220. The fraction of sp³-hybridized carbons (Fsp3) is 0.280. The van der Waals surface area contributed by atoms with E-state index >= 15 is 0 Å². The van der Waals surface area contributed by atoms with E-state index in [1.807, 2.05) is 0 Å². The highest BCUT2D eigenvalue weighted by molar-refractivity contribution is 5.90. The molecule has 2 aromatic carbocycles. The lowest BCUT2D eigenvalue weighted by molar-refractivity contribution is -0.297. The smallest absolute Gasteiger partial charge is 0.417 e. The highest BCUT2D eigenvalue weighted by Gasteiger charge is 2.37. The van der Waals surface area contributed by atoms with Crippen molar-refractivity contribution in [3.63, 3.8) is 0 Å². The van der Waals surface area contributed by atoms with Gasteiger partial charge in [-0.1, -0.05) is 36.4 Å². The van der Waals surface area contributed by atoms with Gasteiger partial charge in [-0.15, -0.1) is 0 Å². The van der Waals surface area contributed by atoms with E-state index in [2.05, 4.69) is 5.32 Å². The quantitative estimate of drug-likeness (QED) is 0.402. The Balaban J connectivity index is 1.51. The van der Waals surface area contributed by atoms with Crippen LogP contribution >= 0.6 is 0 Å². The van der Waals surface area contributed by atoms with E-state index in [4.69, 9.17) is 9.47 Å². The molecule has 1 fully saturated rings. The van der Waals surface area contributed by atoms with Gasteiger partial charge in [-0.2, -0.15) is 13.2 Å². The Kier molecular flexibility index (Phi) is 7.16. The van der Waals surface area contributed by atoms with Gasteiger partial charge in [-0.25, -0.2) is 4.79 Å². The molecule has 3 N–H and O–H groups in total. The molecule has 11 heteroatoms. The molecule has 0 aromatic heterocycles. The number of aliphatic carboxylic acids is 1. The first-order chi connectivity index (χ1) is 17.0. The van der Waals surface area contributed by atoms with E-state index in [0.29, 0.717) is 28.8 Å². The molecule has 4 rings (SSSR count). The maximum atomic E-state index is 13.4. The molecule has 4 atom stereocenters. The first-order valence-corrected chi connectivity index (χ1v) is 10.9. The Morgan fingerprint density at radius 1 is 1.17 bits per heavy atom. The van der Waals surface area contributed by atoms with E-state index in [0.717, 1.165) is 6.07 Å². The lowest BCUT2D eigenvalue weighted by Crippen LogP contribution is -2.25. The van der Waals surface area contributed by atoms with Gasteiger partial charge in [0.05, 0.1) is 17.6 Å². The van der Waals surface area contributed by atoms with Crippen LogP contribution in [0.5, 0.6) is 0 Å². The lowest BCUT2D eigenvalue weighted by atomic mass is 9.89. The van der Waals surface area contributed by atoms with Gasteiger partial charge in [0.2, 0.25) is 0 Å². The zero-order valence-corrected chi connectivity index (χ0v) is 18.6. The summed E-state index contributed by atoms with van der Waals surface area (Å²) in [5, 5.41) is 34.1. The number of fused-ring (bicyclic) bond motifs is 1. The van der Waals surface area contributed by atoms with E-state index in [1.54, 1.807) is 18.2 Å². The number of ether oxygens (including phenoxy) is 2. The second-order valence-electron chi connectivity index (χ2n) is 8.31. The molecule has 0 aliphatic carbocycles. The van der Waals surface area contributed by atoms with Gasteiger partial charge in [0, 0.05) is 28.8 Å². The number of aliphatic hydroxyl groups is 2. The topological polar surface area (TPSA) is 128 Å². The molecule has 0 radical (unpaired) electrons. The minimum absolute atomic E-state index is 0.0924. The summed E-state index contributed by atoms with van der Waals surface area (Å²) in [4.78, 5) is 21.9. The number of alkyl halides is 3.